The second-order valence-electron chi connectivity index (χ2n) is 13.0. The lowest BCUT2D eigenvalue weighted by atomic mass is 9.90. The molecule has 7 rings (SSSR count). The van der Waals surface area contributed by atoms with Crippen LogP contribution in [0, 0.1) is 11.3 Å². The molecule has 0 fully saturated rings. The van der Waals surface area contributed by atoms with Crippen LogP contribution in [-0.2, 0) is 24.2 Å². The molecule has 3 heterocycles. The van der Waals surface area contributed by atoms with Crippen LogP contribution in [0.5, 0.6) is 0 Å². The van der Waals surface area contributed by atoms with Gasteiger partial charge in [0.05, 0.1) is 11.5 Å². The smallest absolute Gasteiger partial charge is 0.408 e. The third-order valence-electron chi connectivity index (χ3n) is 9.22. The number of carbonyl (C=O) groups excluding carboxylic acids is 1. The van der Waals surface area contributed by atoms with Gasteiger partial charge in [0.2, 0.25) is 5.91 Å². The van der Waals surface area contributed by atoms with Gasteiger partial charge >= 0.3 is 5.76 Å². The van der Waals surface area contributed by atoms with Gasteiger partial charge in [-0.05, 0) is 66.2 Å². The summed E-state index contributed by atoms with van der Waals surface area (Å²) in [6, 6.07) is 34.9. The van der Waals surface area contributed by atoms with Gasteiger partial charge in [0.15, 0.2) is 0 Å². The van der Waals surface area contributed by atoms with E-state index in [1.165, 1.54) is 0 Å². The fraction of sp³-hybridized carbons (Fsp3) is 0.195. The summed E-state index contributed by atoms with van der Waals surface area (Å²) in [4.78, 5) is 41.2. The number of H-pyrrole nitrogens is 1. The second-order valence-corrected chi connectivity index (χ2v) is 13.0. The first-order valence-corrected chi connectivity index (χ1v) is 16.9. The zero-order valence-electron chi connectivity index (χ0n) is 28.2. The maximum Gasteiger partial charge on any atom is 0.441 e. The van der Waals surface area contributed by atoms with Crippen molar-refractivity contribution in [3.05, 3.63) is 149 Å². The van der Waals surface area contributed by atoms with Gasteiger partial charge in [-0.15, -0.1) is 0 Å². The highest BCUT2D eigenvalue weighted by Gasteiger charge is 2.36. The number of hydrogen-bond donors (Lipinski definition) is 3. The Bertz CT molecular complexity index is 2400. The minimum Gasteiger partial charge on any atom is -0.408 e. The minimum atomic E-state index is -1.25. The maximum absolute atomic E-state index is 14.7. The van der Waals surface area contributed by atoms with Crippen LogP contribution in [0.1, 0.15) is 23.1 Å². The Labute approximate surface area is 294 Å². The van der Waals surface area contributed by atoms with Crippen LogP contribution in [0.25, 0.3) is 32.6 Å². The van der Waals surface area contributed by atoms with Crippen molar-refractivity contribution in [3.63, 3.8) is 0 Å². The predicted octanol–water partition coefficient (Wildman–Crippen LogP) is 6.38. The van der Waals surface area contributed by atoms with Crippen LogP contribution in [-0.4, -0.2) is 50.9 Å². The zero-order valence-corrected chi connectivity index (χ0v) is 28.2. The highest BCUT2D eigenvalue weighted by molar-refractivity contribution is 6.00. The second kappa shape index (κ2) is 14.7. The van der Waals surface area contributed by atoms with Gasteiger partial charge in [-0.1, -0.05) is 78.9 Å². The lowest BCUT2D eigenvalue weighted by molar-refractivity contribution is -0.123. The van der Waals surface area contributed by atoms with Crippen molar-refractivity contribution in [2.75, 3.05) is 18.9 Å². The molecule has 0 bridgehead atoms. The number of nitrogens with one attached hydrogen (secondary N) is 3. The normalized spacial score (nSPS) is 13.2. The van der Waals surface area contributed by atoms with E-state index in [0.29, 0.717) is 30.4 Å². The summed E-state index contributed by atoms with van der Waals surface area (Å²) in [6.07, 6.45) is 6.49. The molecule has 1 amide bonds. The van der Waals surface area contributed by atoms with E-state index in [-0.39, 0.29) is 18.8 Å². The molecule has 10 heteroatoms. The third-order valence-corrected chi connectivity index (χ3v) is 9.22. The van der Waals surface area contributed by atoms with Crippen LogP contribution in [0.2, 0.25) is 0 Å². The Balaban J connectivity index is 1.25. The number of likely N-dealkylation sites (N-methyl/N-ethyl adjacent to an activating group) is 1. The first-order chi connectivity index (χ1) is 24.9. The molecule has 2 atom stereocenters. The average Bonchev–Trinajstić information content (AvgIpc) is 3.56. The Hall–Kier alpha value is -6.31. The quantitative estimate of drug-likeness (QED) is 0.120. The number of carbonyl (C=O) groups is 1. The number of anilines is 1. The number of para-hydroxylation sites is 1. The monoisotopic (exact) mass is 675 g/mol. The van der Waals surface area contributed by atoms with Crippen LogP contribution in [0.3, 0.4) is 0 Å². The lowest BCUT2D eigenvalue weighted by Crippen LogP contribution is -2.58. The van der Waals surface area contributed by atoms with Gasteiger partial charge in [0.25, 0.3) is 0 Å². The van der Waals surface area contributed by atoms with Crippen molar-refractivity contribution < 1.29 is 9.21 Å². The fourth-order valence-electron chi connectivity index (χ4n) is 6.70. The number of aryl methyl sites for hydroxylation is 1. The van der Waals surface area contributed by atoms with E-state index in [0.717, 1.165) is 38.4 Å². The number of rotatable bonds is 13. The van der Waals surface area contributed by atoms with Gasteiger partial charge in [0.1, 0.15) is 23.0 Å². The molecule has 3 aromatic heterocycles. The van der Waals surface area contributed by atoms with E-state index in [1.54, 1.807) is 18.5 Å². The topological polar surface area (TPSA) is 140 Å². The molecule has 51 heavy (non-hydrogen) atoms. The summed E-state index contributed by atoms with van der Waals surface area (Å²) in [7, 11) is 1.95. The first kappa shape index (κ1) is 33.2. The molecule has 0 radical (unpaired) electrons. The molecular weight excluding hydrogens is 638 g/mol. The van der Waals surface area contributed by atoms with Gasteiger partial charge in [-0.25, -0.2) is 4.79 Å². The molecule has 0 saturated heterocycles. The SMILES string of the molecule is CN(Cc1ccccc1)CC(C#N)(CCc1ccccc1)NC(=O)C(Cc1c[nH]c2ccccc12)Nc1nc(=O)oc2cc3ccncc3cc12. The average molecular weight is 676 g/mol. The van der Waals surface area contributed by atoms with Crippen LogP contribution in [0.15, 0.2) is 131 Å². The maximum atomic E-state index is 14.7. The molecule has 254 valence electrons. The van der Waals surface area contributed by atoms with Crippen molar-refractivity contribution in [1.29, 1.82) is 5.26 Å². The van der Waals surface area contributed by atoms with E-state index in [4.69, 9.17) is 4.42 Å². The van der Waals surface area contributed by atoms with Crippen molar-refractivity contribution in [3.8, 4) is 6.07 Å². The lowest BCUT2D eigenvalue weighted by Gasteiger charge is -2.34. The number of hydrogen-bond acceptors (Lipinski definition) is 8. The summed E-state index contributed by atoms with van der Waals surface area (Å²) < 4.78 is 5.50. The molecular formula is C41H37N7O3. The van der Waals surface area contributed by atoms with E-state index in [2.05, 4.69) is 36.6 Å². The summed E-state index contributed by atoms with van der Waals surface area (Å²) in [5.41, 5.74) is 3.09. The molecule has 3 N–H and O–H groups in total. The third kappa shape index (κ3) is 7.64. The Morgan fingerprint density at radius 3 is 2.49 bits per heavy atom. The van der Waals surface area contributed by atoms with E-state index in [1.807, 2.05) is 110 Å². The Morgan fingerprint density at radius 1 is 0.961 bits per heavy atom. The van der Waals surface area contributed by atoms with Crippen molar-refractivity contribution in [1.82, 2.24) is 25.2 Å². The van der Waals surface area contributed by atoms with E-state index in [9.17, 15) is 14.9 Å². The molecule has 0 aliphatic heterocycles. The highest BCUT2D eigenvalue weighted by Crippen LogP contribution is 2.28. The van der Waals surface area contributed by atoms with Crippen molar-refractivity contribution >= 4 is 44.4 Å². The summed E-state index contributed by atoms with van der Waals surface area (Å²) >= 11 is 0. The van der Waals surface area contributed by atoms with Crippen molar-refractivity contribution in [2.45, 2.75) is 37.4 Å². The molecule has 0 aliphatic rings. The van der Waals surface area contributed by atoms with E-state index >= 15 is 0 Å². The largest absolute Gasteiger partial charge is 0.441 e. The predicted molar refractivity (Wildman–Crippen MR) is 199 cm³/mol. The Morgan fingerprint density at radius 2 is 1.71 bits per heavy atom. The van der Waals surface area contributed by atoms with Gasteiger partial charge in [-0.2, -0.15) is 10.2 Å². The van der Waals surface area contributed by atoms with Crippen LogP contribution in [0.4, 0.5) is 5.82 Å². The molecule has 4 aromatic carbocycles. The zero-order chi connectivity index (χ0) is 35.2. The summed E-state index contributed by atoms with van der Waals surface area (Å²) in [6.45, 7) is 0.882. The summed E-state index contributed by atoms with van der Waals surface area (Å²) in [5, 5.41) is 20.5. The standard InChI is InChI=1S/C41H37N7O3/c1-48(25-29-12-6-3-7-13-29)27-41(26-42,18-16-28-10-4-2-5-11-28)47-39(49)36(21-32-24-44-35-15-9-8-14-33(32)35)45-38-34-20-31-23-43-19-17-30(31)22-37(34)51-40(50)46-38/h2-15,17,19-20,22-24,36,44H,16,18,21,25,27H2,1H3,(H,47,49)(H,45,46,50). The minimum absolute atomic E-state index is 0.208. The number of benzene rings is 4. The van der Waals surface area contributed by atoms with Crippen LogP contribution < -0.4 is 16.4 Å². The highest BCUT2D eigenvalue weighted by atomic mass is 16.4. The molecule has 2 unspecified atom stereocenters. The summed E-state index contributed by atoms with van der Waals surface area (Å²) in [5.74, 6) is -0.977. The number of fused-ring (bicyclic) bond motifs is 3. The number of pyridine rings is 1. The molecule has 0 saturated carbocycles. The van der Waals surface area contributed by atoms with Gasteiger partial charge in [-0.3, -0.25) is 14.7 Å². The van der Waals surface area contributed by atoms with Gasteiger partial charge < -0.3 is 20.0 Å². The number of nitriles is 1. The molecule has 0 aliphatic carbocycles. The number of amides is 1. The van der Waals surface area contributed by atoms with Crippen molar-refractivity contribution in [2.24, 2.45) is 0 Å². The fourth-order valence-corrected chi connectivity index (χ4v) is 6.70. The Kier molecular flexibility index (Phi) is 9.55. The molecule has 7 aromatic rings. The number of aromatic amines is 1. The van der Waals surface area contributed by atoms with Gasteiger partial charge in [0, 0.05) is 54.4 Å². The molecule has 0 spiro atoms. The molecule has 10 nitrogen and oxygen atoms in total. The van der Waals surface area contributed by atoms with Crippen LogP contribution >= 0.6 is 0 Å². The van der Waals surface area contributed by atoms with E-state index < -0.39 is 23.2 Å². The number of aromatic nitrogens is 3. The number of nitrogens with zero attached hydrogens (tertiary/aromatic N) is 4. The first-order valence-electron chi connectivity index (χ1n) is 16.9.